The lowest BCUT2D eigenvalue weighted by molar-refractivity contribution is 0.0742. The van der Waals surface area contributed by atoms with Crippen molar-refractivity contribution in [2.75, 3.05) is 19.6 Å². The third-order valence-corrected chi connectivity index (χ3v) is 5.70. The molecule has 1 saturated carbocycles. The standard InChI is InChI=1S/C17H34N2/c1-2-3-4-5-8-16(15-18)19-13-11-17(12-14-19)9-6-7-10-17/h16H,2-15,18H2,1H3. The second-order valence-corrected chi connectivity index (χ2v) is 6.98. The summed E-state index contributed by atoms with van der Waals surface area (Å²) in [6.45, 7) is 5.77. The van der Waals surface area contributed by atoms with Crippen LogP contribution in [0.15, 0.2) is 0 Å². The molecule has 2 nitrogen and oxygen atoms in total. The average Bonchev–Trinajstić information content (AvgIpc) is 2.89. The molecule has 0 amide bonds. The molecule has 1 heterocycles. The highest BCUT2D eigenvalue weighted by Crippen LogP contribution is 2.46. The first-order chi connectivity index (χ1) is 9.29. The van der Waals surface area contributed by atoms with E-state index in [-0.39, 0.29) is 0 Å². The van der Waals surface area contributed by atoms with E-state index in [0.717, 1.165) is 12.0 Å². The van der Waals surface area contributed by atoms with Gasteiger partial charge in [0.15, 0.2) is 0 Å². The summed E-state index contributed by atoms with van der Waals surface area (Å²) in [6, 6.07) is 0.663. The number of nitrogens with zero attached hydrogens (tertiary/aromatic N) is 1. The fourth-order valence-electron chi connectivity index (χ4n) is 4.24. The summed E-state index contributed by atoms with van der Waals surface area (Å²) in [5.41, 5.74) is 6.77. The molecule has 19 heavy (non-hydrogen) atoms. The van der Waals surface area contributed by atoms with E-state index in [1.165, 1.54) is 83.7 Å². The van der Waals surface area contributed by atoms with Gasteiger partial charge in [-0.05, 0) is 50.6 Å². The third kappa shape index (κ3) is 4.19. The summed E-state index contributed by atoms with van der Waals surface area (Å²) < 4.78 is 0. The number of piperidine rings is 1. The number of hydrogen-bond donors (Lipinski definition) is 1. The van der Waals surface area contributed by atoms with Crippen LogP contribution in [-0.2, 0) is 0 Å². The molecule has 0 aromatic heterocycles. The van der Waals surface area contributed by atoms with E-state index in [9.17, 15) is 0 Å². The van der Waals surface area contributed by atoms with Crippen LogP contribution in [0.25, 0.3) is 0 Å². The van der Waals surface area contributed by atoms with Crippen molar-refractivity contribution in [3.05, 3.63) is 0 Å². The summed E-state index contributed by atoms with van der Waals surface area (Å²) in [5, 5.41) is 0. The van der Waals surface area contributed by atoms with Crippen molar-refractivity contribution in [1.82, 2.24) is 4.90 Å². The molecule has 1 atom stereocenters. The first-order valence-electron chi connectivity index (χ1n) is 8.74. The monoisotopic (exact) mass is 266 g/mol. The van der Waals surface area contributed by atoms with Gasteiger partial charge in [-0.2, -0.15) is 0 Å². The third-order valence-electron chi connectivity index (χ3n) is 5.70. The predicted molar refractivity (Wildman–Crippen MR) is 83.3 cm³/mol. The lowest BCUT2D eigenvalue weighted by Crippen LogP contribution is -2.47. The fourth-order valence-corrected chi connectivity index (χ4v) is 4.24. The highest BCUT2D eigenvalue weighted by Gasteiger charge is 2.37. The smallest absolute Gasteiger partial charge is 0.0218 e. The topological polar surface area (TPSA) is 29.3 Å². The second kappa shape index (κ2) is 7.64. The van der Waals surface area contributed by atoms with Crippen molar-refractivity contribution >= 4 is 0 Å². The Balaban J connectivity index is 1.71. The fraction of sp³-hybridized carbons (Fsp3) is 1.00. The van der Waals surface area contributed by atoms with E-state index in [1.807, 2.05) is 0 Å². The Morgan fingerprint density at radius 3 is 2.26 bits per heavy atom. The molecular weight excluding hydrogens is 232 g/mol. The molecule has 1 spiro atoms. The molecule has 2 N–H and O–H groups in total. The molecule has 1 aliphatic heterocycles. The molecular formula is C17H34N2. The SMILES string of the molecule is CCCCCCC(CN)N1CCC2(CCCC2)CC1. The van der Waals surface area contributed by atoms with Gasteiger partial charge in [0.2, 0.25) is 0 Å². The Labute approximate surface area is 120 Å². The minimum atomic E-state index is 0.663. The number of hydrogen-bond acceptors (Lipinski definition) is 2. The average molecular weight is 266 g/mol. The maximum absolute atomic E-state index is 6.02. The van der Waals surface area contributed by atoms with Gasteiger partial charge in [0.25, 0.3) is 0 Å². The zero-order chi connectivity index (χ0) is 13.6. The summed E-state index contributed by atoms with van der Waals surface area (Å²) in [7, 11) is 0. The zero-order valence-corrected chi connectivity index (χ0v) is 13.0. The van der Waals surface area contributed by atoms with Crippen LogP contribution in [-0.4, -0.2) is 30.6 Å². The normalized spacial score (nSPS) is 24.9. The molecule has 112 valence electrons. The molecule has 2 heteroatoms. The van der Waals surface area contributed by atoms with Gasteiger partial charge in [-0.3, -0.25) is 4.90 Å². The van der Waals surface area contributed by atoms with E-state index < -0.39 is 0 Å². The molecule has 1 aliphatic carbocycles. The zero-order valence-electron chi connectivity index (χ0n) is 13.0. The molecule has 2 aliphatic rings. The van der Waals surface area contributed by atoms with Gasteiger partial charge in [-0.1, -0.05) is 45.4 Å². The van der Waals surface area contributed by atoms with Crippen LogP contribution in [0.1, 0.15) is 77.6 Å². The van der Waals surface area contributed by atoms with Crippen LogP contribution in [0.4, 0.5) is 0 Å². The molecule has 1 unspecified atom stereocenters. The maximum atomic E-state index is 6.02. The number of unbranched alkanes of at least 4 members (excludes halogenated alkanes) is 3. The molecule has 0 radical (unpaired) electrons. The molecule has 0 aromatic carbocycles. The van der Waals surface area contributed by atoms with Gasteiger partial charge < -0.3 is 5.73 Å². The van der Waals surface area contributed by atoms with Gasteiger partial charge in [0, 0.05) is 12.6 Å². The summed E-state index contributed by atoms with van der Waals surface area (Å²) in [6.07, 6.45) is 15.7. The summed E-state index contributed by atoms with van der Waals surface area (Å²) in [4.78, 5) is 2.70. The first-order valence-corrected chi connectivity index (χ1v) is 8.74. The molecule has 0 aromatic rings. The van der Waals surface area contributed by atoms with Crippen LogP contribution >= 0.6 is 0 Å². The van der Waals surface area contributed by atoms with Crippen LogP contribution in [0.2, 0.25) is 0 Å². The van der Waals surface area contributed by atoms with Crippen molar-refractivity contribution < 1.29 is 0 Å². The largest absolute Gasteiger partial charge is 0.329 e. The van der Waals surface area contributed by atoms with Gasteiger partial charge in [0.05, 0.1) is 0 Å². The van der Waals surface area contributed by atoms with E-state index >= 15 is 0 Å². The number of rotatable bonds is 7. The van der Waals surface area contributed by atoms with Crippen LogP contribution < -0.4 is 5.73 Å². The summed E-state index contributed by atoms with van der Waals surface area (Å²) in [5.74, 6) is 0. The van der Waals surface area contributed by atoms with Gasteiger partial charge >= 0.3 is 0 Å². The van der Waals surface area contributed by atoms with Crippen LogP contribution in [0, 0.1) is 5.41 Å². The molecule has 0 bridgehead atoms. The predicted octanol–water partition coefficient (Wildman–Crippen LogP) is 3.94. The van der Waals surface area contributed by atoms with E-state index in [0.29, 0.717) is 6.04 Å². The Bertz CT molecular complexity index is 236. The molecule has 1 saturated heterocycles. The number of likely N-dealkylation sites (tertiary alicyclic amines) is 1. The highest BCUT2D eigenvalue weighted by molar-refractivity contribution is 4.91. The Hall–Kier alpha value is -0.0800. The van der Waals surface area contributed by atoms with E-state index in [4.69, 9.17) is 5.73 Å². The van der Waals surface area contributed by atoms with E-state index in [1.54, 1.807) is 0 Å². The van der Waals surface area contributed by atoms with Crippen molar-refractivity contribution in [1.29, 1.82) is 0 Å². The second-order valence-electron chi connectivity index (χ2n) is 6.98. The highest BCUT2D eigenvalue weighted by atomic mass is 15.2. The van der Waals surface area contributed by atoms with Crippen molar-refractivity contribution in [2.24, 2.45) is 11.1 Å². The van der Waals surface area contributed by atoms with Crippen LogP contribution in [0.3, 0.4) is 0 Å². The quantitative estimate of drug-likeness (QED) is 0.707. The molecule has 2 fully saturated rings. The van der Waals surface area contributed by atoms with Crippen LogP contribution in [0.5, 0.6) is 0 Å². The maximum Gasteiger partial charge on any atom is 0.0218 e. The molecule has 2 rings (SSSR count). The lowest BCUT2D eigenvalue weighted by atomic mass is 9.76. The Kier molecular flexibility index (Phi) is 6.15. The van der Waals surface area contributed by atoms with Gasteiger partial charge in [-0.15, -0.1) is 0 Å². The van der Waals surface area contributed by atoms with Gasteiger partial charge in [0.1, 0.15) is 0 Å². The van der Waals surface area contributed by atoms with Crippen molar-refractivity contribution in [2.45, 2.75) is 83.6 Å². The number of nitrogens with two attached hydrogens (primary N) is 1. The Morgan fingerprint density at radius 1 is 1.00 bits per heavy atom. The minimum absolute atomic E-state index is 0.663. The van der Waals surface area contributed by atoms with Crippen molar-refractivity contribution in [3.8, 4) is 0 Å². The van der Waals surface area contributed by atoms with E-state index in [2.05, 4.69) is 11.8 Å². The first kappa shape index (κ1) is 15.3. The summed E-state index contributed by atoms with van der Waals surface area (Å²) >= 11 is 0. The van der Waals surface area contributed by atoms with Crippen molar-refractivity contribution in [3.63, 3.8) is 0 Å². The minimum Gasteiger partial charge on any atom is -0.329 e. The van der Waals surface area contributed by atoms with Gasteiger partial charge in [-0.25, -0.2) is 0 Å². The lowest BCUT2D eigenvalue weighted by Gasteiger charge is -2.42. The Morgan fingerprint density at radius 2 is 1.68 bits per heavy atom.